The molecule has 0 atom stereocenters. The van der Waals surface area contributed by atoms with Crippen molar-refractivity contribution in [1.82, 2.24) is 14.7 Å². The van der Waals surface area contributed by atoms with Crippen LogP contribution in [-0.4, -0.2) is 39.7 Å². The molecule has 3 aromatic carbocycles. The summed E-state index contributed by atoms with van der Waals surface area (Å²) in [4.78, 5) is 28.2. The monoisotopic (exact) mass is 577 g/mol. The Bertz CT molecular complexity index is 1500. The van der Waals surface area contributed by atoms with Crippen LogP contribution in [0, 0.1) is 6.92 Å². The number of benzene rings is 3. The van der Waals surface area contributed by atoms with Crippen LogP contribution in [0.2, 0.25) is 10.0 Å². The van der Waals surface area contributed by atoms with Gasteiger partial charge in [0.05, 0.1) is 16.4 Å². The Kier molecular flexibility index (Phi) is 9.17. The second-order valence-electron chi connectivity index (χ2n) is 10.6. The largest absolute Gasteiger partial charge is 0.322 e. The van der Waals surface area contributed by atoms with E-state index in [-0.39, 0.29) is 17.9 Å². The van der Waals surface area contributed by atoms with E-state index in [1.165, 1.54) is 4.90 Å². The van der Waals surface area contributed by atoms with Crippen LogP contribution in [0.15, 0.2) is 78.9 Å². The number of rotatable bonds is 8. The summed E-state index contributed by atoms with van der Waals surface area (Å²) in [6.07, 6.45) is 0.585. The van der Waals surface area contributed by atoms with Crippen LogP contribution in [0.3, 0.4) is 0 Å². The van der Waals surface area contributed by atoms with E-state index in [1.807, 2.05) is 88.4 Å². The van der Waals surface area contributed by atoms with E-state index >= 15 is 0 Å². The average molecular weight is 579 g/mol. The zero-order chi connectivity index (χ0) is 28.9. The number of hydrogen-bond acceptors (Lipinski definition) is 3. The molecule has 0 aliphatic carbocycles. The molecule has 0 bridgehead atoms. The Hall–Kier alpha value is -3.81. The maximum absolute atomic E-state index is 13.4. The number of urea groups is 1. The molecule has 2 N–H and O–H groups in total. The van der Waals surface area contributed by atoms with E-state index in [9.17, 15) is 9.59 Å². The lowest BCUT2D eigenvalue weighted by atomic mass is 9.92. The zero-order valence-electron chi connectivity index (χ0n) is 23.0. The number of aryl methyl sites for hydroxylation is 1. The van der Waals surface area contributed by atoms with E-state index in [4.69, 9.17) is 28.3 Å². The normalized spacial score (nSPS) is 11.2. The maximum Gasteiger partial charge on any atom is 0.322 e. The molecule has 3 amide bonds. The number of aromatic nitrogens is 2. The molecule has 0 aliphatic rings. The SMILES string of the molecule is Cc1ccc(NC(=O)N(CCc2ccccc2)CC(=O)Nc2cc(C(C)(C)C)nn2-c2ccccc2Cl)cc1Cl. The van der Waals surface area contributed by atoms with Crippen molar-refractivity contribution in [3.8, 4) is 5.69 Å². The number of anilines is 2. The summed E-state index contributed by atoms with van der Waals surface area (Å²) < 4.78 is 1.63. The molecule has 4 rings (SSSR count). The molecule has 0 fully saturated rings. The van der Waals surface area contributed by atoms with Gasteiger partial charge in [-0.05, 0) is 48.7 Å². The average Bonchev–Trinajstić information content (AvgIpc) is 3.33. The molecule has 208 valence electrons. The van der Waals surface area contributed by atoms with E-state index in [0.717, 1.165) is 16.8 Å². The Morgan fingerprint density at radius 2 is 1.60 bits per heavy atom. The van der Waals surface area contributed by atoms with Crippen LogP contribution >= 0.6 is 23.2 Å². The molecule has 0 spiro atoms. The smallest absolute Gasteiger partial charge is 0.315 e. The first-order valence-electron chi connectivity index (χ1n) is 13.0. The first-order chi connectivity index (χ1) is 19.0. The van der Waals surface area contributed by atoms with Crippen molar-refractivity contribution in [3.05, 3.63) is 106 Å². The Morgan fingerprint density at radius 1 is 0.900 bits per heavy atom. The van der Waals surface area contributed by atoms with Crippen molar-refractivity contribution in [2.45, 2.75) is 39.5 Å². The van der Waals surface area contributed by atoms with Gasteiger partial charge in [0, 0.05) is 28.7 Å². The van der Waals surface area contributed by atoms with Crippen molar-refractivity contribution in [2.24, 2.45) is 0 Å². The van der Waals surface area contributed by atoms with Crippen LogP contribution in [0.4, 0.5) is 16.3 Å². The van der Waals surface area contributed by atoms with E-state index in [2.05, 4.69) is 10.6 Å². The number of para-hydroxylation sites is 1. The molecule has 0 aliphatic heterocycles. The highest BCUT2D eigenvalue weighted by molar-refractivity contribution is 6.32. The maximum atomic E-state index is 13.4. The highest BCUT2D eigenvalue weighted by Crippen LogP contribution is 2.29. The van der Waals surface area contributed by atoms with Gasteiger partial charge in [-0.25, -0.2) is 9.48 Å². The van der Waals surface area contributed by atoms with Gasteiger partial charge in [-0.15, -0.1) is 0 Å². The number of carbonyl (C=O) groups is 2. The summed E-state index contributed by atoms with van der Waals surface area (Å²) in [6.45, 7) is 8.19. The fourth-order valence-electron chi connectivity index (χ4n) is 4.03. The van der Waals surface area contributed by atoms with Gasteiger partial charge < -0.3 is 15.5 Å². The summed E-state index contributed by atoms with van der Waals surface area (Å²) in [5.74, 6) is 0.107. The quantitative estimate of drug-likeness (QED) is 0.227. The molecular weight excluding hydrogens is 545 g/mol. The van der Waals surface area contributed by atoms with Gasteiger partial charge in [0.25, 0.3) is 0 Å². The summed E-state index contributed by atoms with van der Waals surface area (Å²) >= 11 is 12.7. The number of carbonyl (C=O) groups excluding carboxylic acids is 2. The lowest BCUT2D eigenvalue weighted by Gasteiger charge is -2.23. The van der Waals surface area contributed by atoms with Crippen molar-refractivity contribution in [3.63, 3.8) is 0 Å². The van der Waals surface area contributed by atoms with Gasteiger partial charge in [-0.2, -0.15) is 5.10 Å². The third-order valence-electron chi connectivity index (χ3n) is 6.38. The number of halogens is 2. The summed E-state index contributed by atoms with van der Waals surface area (Å²) in [5.41, 5.74) is 3.69. The molecule has 0 unspecified atom stereocenters. The van der Waals surface area contributed by atoms with Crippen LogP contribution < -0.4 is 10.6 Å². The van der Waals surface area contributed by atoms with Gasteiger partial charge in [-0.1, -0.05) is 92.5 Å². The minimum absolute atomic E-state index is 0.170. The highest BCUT2D eigenvalue weighted by atomic mass is 35.5. The van der Waals surface area contributed by atoms with E-state index in [1.54, 1.807) is 22.9 Å². The molecule has 0 radical (unpaired) electrons. The number of hydrogen-bond donors (Lipinski definition) is 2. The second kappa shape index (κ2) is 12.6. The van der Waals surface area contributed by atoms with Gasteiger partial charge >= 0.3 is 6.03 Å². The predicted molar refractivity (Wildman–Crippen MR) is 163 cm³/mol. The van der Waals surface area contributed by atoms with Crippen molar-refractivity contribution >= 4 is 46.6 Å². The van der Waals surface area contributed by atoms with Gasteiger partial charge in [0.1, 0.15) is 12.4 Å². The molecule has 40 heavy (non-hydrogen) atoms. The molecule has 1 heterocycles. The topological polar surface area (TPSA) is 79.3 Å². The molecule has 4 aromatic rings. The standard InChI is InChI=1S/C31H33Cl2N5O2/c1-21-14-15-23(18-25(21)33)34-30(40)37(17-16-22-10-6-5-7-11-22)20-29(39)35-28-19-27(31(2,3)4)36-38(28)26-13-9-8-12-24(26)32/h5-15,18-19H,16-17,20H2,1-4H3,(H,34,40)(H,35,39). The number of amides is 3. The van der Waals surface area contributed by atoms with Crippen molar-refractivity contribution < 1.29 is 9.59 Å². The number of nitrogens with one attached hydrogen (secondary N) is 2. The third kappa shape index (κ3) is 7.43. The second-order valence-corrected chi connectivity index (χ2v) is 11.4. The van der Waals surface area contributed by atoms with E-state index in [0.29, 0.717) is 40.2 Å². The van der Waals surface area contributed by atoms with Gasteiger partial charge in [-0.3, -0.25) is 4.79 Å². The van der Waals surface area contributed by atoms with Crippen molar-refractivity contribution in [2.75, 3.05) is 23.7 Å². The lowest BCUT2D eigenvalue weighted by Crippen LogP contribution is -2.42. The molecule has 9 heteroatoms. The minimum atomic E-state index is -0.402. The first-order valence-corrected chi connectivity index (χ1v) is 13.8. The van der Waals surface area contributed by atoms with E-state index < -0.39 is 6.03 Å². The molecule has 0 saturated carbocycles. The Balaban J connectivity index is 1.57. The fraction of sp³-hybridized carbons (Fsp3) is 0.258. The third-order valence-corrected chi connectivity index (χ3v) is 7.11. The minimum Gasteiger partial charge on any atom is -0.315 e. The fourth-order valence-corrected chi connectivity index (χ4v) is 4.43. The predicted octanol–water partition coefficient (Wildman–Crippen LogP) is 7.50. The highest BCUT2D eigenvalue weighted by Gasteiger charge is 2.24. The summed E-state index contributed by atoms with van der Waals surface area (Å²) in [6, 6.07) is 23.9. The van der Waals surface area contributed by atoms with Crippen LogP contribution in [0.1, 0.15) is 37.6 Å². The first kappa shape index (κ1) is 29.2. The summed E-state index contributed by atoms with van der Waals surface area (Å²) in [7, 11) is 0. The van der Waals surface area contributed by atoms with Crippen LogP contribution in [0.25, 0.3) is 5.69 Å². The van der Waals surface area contributed by atoms with Crippen molar-refractivity contribution in [1.29, 1.82) is 0 Å². The van der Waals surface area contributed by atoms with Gasteiger partial charge in [0.15, 0.2) is 0 Å². The zero-order valence-corrected chi connectivity index (χ0v) is 24.6. The number of nitrogens with zero attached hydrogens (tertiary/aromatic N) is 3. The molecule has 7 nitrogen and oxygen atoms in total. The van der Waals surface area contributed by atoms with Crippen LogP contribution in [-0.2, 0) is 16.6 Å². The van der Waals surface area contributed by atoms with Gasteiger partial charge in [0.2, 0.25) is 5.91 Å². The summed E-state index contributed by atoms with van der Waals surface area (Å²) in [5, 5.41) is 11.6. The molecule has 1 aromatic heterocycles. The lowest BCUT2D eigenvalue weighted by molar-refractivity contribution is -0.116. The molecule has 0 saturated heterocycles. The Morgan fingerprint density at radius 3 is 2.27 bits per heavy atom. The molecular formula is C31H33Cl2N5O2. The Labute approximate surface area is 245 Å². The van der Waals surface area contributed by atoms with Crippen LogP contribution in [0.5, 0.6) is 0 Å².